The van der Waals surface area contributed by atoms with Crippen molar-refractivity contribution in [3.8, 4) is 11.8 Å². The molecule has 3 aliphatic heterocycles. The molecule has 14 heteroatoms. The van der Waals surface area contributed by atoms with Crippen LogP contribution in [0.1, 0.15) is 81.6 Å². The van der Waals surface area contributed by atoms with Gasteiger partial charge in [-0.3, -0.25) is 39.1 Å². The fraction of sp³-hybridized carbons (Fsp3) is 0.400. The van der Waals surface area contributed by atoms with Gasteiger partial charge in [-0.15, -0.1) is 0 Å². The van der Waals surface area contributed by atoms with Gasteiger partial charge in [0.1, 0.15) is 17.9 Å². The maximum absolute atomic E-state index is 13.1. The molecule has 1 atom stereocenters. The number of halogens is 1. The normalized spacial score (nSPS) is 21.7. The van der Waals surface area contributed by atoms with Gasteiger partial charge in [0.25, 0.3) is 17.7 Å². The Labute approximate surface area is 318 Å². The van der Waals surface area contributed by atoms with E-state index >= 15 is 0 Å². The van der Waals surface area contributed by atoms with Crippen molar-refractivity contribution < 1.29 is 28.7 Å². The molecular weight excluding hydrogens is 710 g/mol. The van der Waals surface area contributed by atoms with Gasteiger partial charge in [-0.25, -0.2) is 0 Å². The number of rotatable bonds is 11. The van der Waals surface area contributed by atoms with E-state index in [2.05, 4.69) is 31.8 Å². The Kier molecular flexibility index (Phi) is 11.1. The molecule has 7 rings (SSSR count). The number of imide groups is 2. The Bertz CT molecular complexity index is 1980. The molecule has 4 aliphatic rings. The molecule has 0 bridgehead atoms. The predicted octanol–water partition coefficient (Wildman–Crippen LogP) is 4.36. The number of benzene rings is 3. The number of carbonyl (C=O) groups is 5. The number of ether oxygens (including phenoxy) is 1. The minimum atomic E-state index is -0.981. The van der Waals surface area contributed by atoms with Crippen LogP contribution in [0.25, 0.3) is 0 Å². The van der Waals surface area contributed by atoms with Crippen LogP contribution < -0.4 is 25.6 Å². The third-order valence-electron chi connectivity index (χ3n) is 10.7. The summed E-state index contributed by atoms with van der Waals surface area (Å²) in [6, 6.07) is 19.1. The van der Waals surface area contributed by atoms with Gasteiger partial charge in [0.05, 0.1) is 27.8 Å². The minimum absolute atomic E-state index is 0.0408. The number of hydrogen-bond donors (Lipinski definition) is 3. The van der Waals surface area contributed by atoms with E-state index in [1.807, 2.05) is 24.3 Å². The third-order valence-corrected chi connectivity index (χ3v) is 11.0. The second-order valence-electron chi connectivity index (χ2n) is 14.2. The Hall–Kier alpha value is -5.45. The summed E-state index contributed by atoms with van der Waals surface area (Å²) >= 11 is 6.14. The highest BCUT2D eigenvalue weighted by Crippen LogP contribution is 2.30. The van der Waals surface area contributed by atoms with Crippen LogP contribution in [0.5, 0.6) is 5.75 Å². The quantitative estimate of drug-likeness (QED) is 0.190. The monoisotopic (exact) mass is 751 g/mol. The number of hydrogen-bond acceptors (Lipinski definition) is 10. The highest BCUT2D eigenvalue weighted by Gasteiger charge is 2.44. The zero-order valence-corrected chi connectivity index (χ0v) is 30.6. The summed E-state index contributed by atoms with van der Waals surface area (Å²) in [5, 5.41) is 18.2. The maximum Gasteiger partial charge on any atom is 0.262 e. The Morgan fingerprint density at radius 3 is 2.33 bits per heavy atom. The lowest BCUT2D eigenvalue weighted by Gasteiger charge is -2.36. The molecule has 3 heterocycles. The van der Waals surface area contributed by atoms with E-state index in [1.165, 1.54) is 0 Å². The third kappa shape index (κ3) is 8.20. The molecule has 0 aromatic heterocycles. The molecule has 1 aliphatic carbocycles. The second-order valence-corrected chi connectivity index (χ2v) is 14.6. The van der Waals surface area contributed by atoms with Gasteiger partial charge < -0.3 is 20.3 Å². The van der Waals surface area contributed by atoms with E-state index in [9.17, 15) is 24.0 Å². The fourth-order valence-electron chi connectivity index (χ4n) is 7.62. The molecule has 0 radical (unpaired) electrons. The first-order chi connectivity index (χ1) is 26.2. The maximum atomic E-state index is 13.1. The van der Waals surface area contributed by atoms with Crippen molar-refractivity contribution in [2.45, 2.75) is 63.1 Å². The van der Waals surface area contributed by atoms with E-state index in [0.717, 1.165) is 81.1 Å². The standard InChI is InChI=1S/C40H42ClN7O6/c41-34-23-31(10-4-26(34)24-42)54-30-11-5-27(6-12-30)44-37(50)25-2-8-29(9-3-25)47-20-18-46(19-21-47)17-1-16-43-28-7-13-32-33(22-28)40(53)48(39(32)52)35-14-15-36(49)45-38(35)51/h2-4,7-10,13,22-23,27,30,35,43H,1,5-6,11-12,14-21H2,(H,44,50)(H,45,49,51)/t27-,30-,35?. The van der Waals surface area contributed by atoms with E-state index in [1.54, 1.807) is 36.4 Å². The van der Waals surface area contributed by atoms with Gasteiger partial charge >= 0.3 is 0 Å². The van der Waals surface area contributed by atoms with Gasteiger partial charge in [0, 0.05) is 68.2 Å². The topological polar surface area (TPSA) is 164 Å². The lowest BCUT2D eigenvalue weighted by Crippen LogP contribution is -2.54. The number of nitriles is 1. The van der Waals surface area contributed by atoms with Crippen LogP contribution in [0.2, 0.25) is 5.02 Å². The van der Waals surface area contributed by atoms with Crippen LogP contribution in [0.3, 0.4) is 0 Å². The predicted molar refractivity (Wildman–Crippen MR) is 202 cm³/mol. The molecule has 13 nitrogen and oxygen atoms in total. The molecule has 2 saturated heterocycles. The van der Waals surface area contributed by atoms with Crippen LogP contribution in [-0.2, 0) is 9.59 Å². The van der Waals surface area contributed by atoms with Crippen molar-refractivity contribution in [3.05, 3.63) is 87.9 Å². The number of piperidine rings is 1. The summed E-state index contributed by atoms with van der Waals surface area (Å²) in [7, 11) is 0. The van der Waals surface area contributed by atoms with Crippen LogP contribution in [0.4, 0.5) is 11.4 Å². The minimum Gasteiger partial charge on any atom is -0.490 e. The average Bonchev–Trinajstić information content (AvgIpc) is 3.42. The van der Waals surface area contributed by atoms with Crippen LogP contribution in [0.15, 0.2) is 60.7 Å². The molecule has 3 aromatic rings. The molecule has 3 N–H and O–H groups in total. The summed E-state index contributed by atoms with van der Waals surface area (Å²) < 4.78 is 6.08. The van der Waals surface area contributed by atoms with Gasteiger partial charge in [-0.05, 0) is 99.7 Å². The summed E-state index contributed by atoms with van der Waals surface area (Å²) in [6.07, 6.45) is 4.42. The number of nitrogens with one attached hydrogen (secondary N) is 3. The molecule has 1 saturated carbocycles. The number of piperazine rings is 1. The Balaban J connectivity index is 0.802. The van der Waals surface area contributed by atoms with Crippen molar-refractivity contribution in [2.24, 2.45) is 0 Å². The fourth-order valence-corrected chi connectivity index (χ4v) is 7.83. The van der Waals surface area contributed by atoms with Crippen molar-refractivity contribution in [2.75, 3.05) is 49.5 Å². The zero-order valence-electron chi connectivity index (χ0n) is 29.8. The van der Waals surface area contributed by atoms with Crippen molar-refractivity contribution >= 4 is 52.5 Å². The summed E-state index contributed by atoms with van der Waals surface area (Å²) in [5.74, 6) is -1.47. The van der Waals surface area contributed by atoms with Crippen molar-refractivity contribution in [3.63, 3.8) is 0 Å². The number of carbonyl (C=O) groups excluding carboxylic acids is 5. The van der Waals surface area contributed by atoms with Gasteiger partial charge in [0.2, 0.25) is 11.8 Å². The largest absolute Gasteiger partial charge is 0.490 e. The lowest BCUT2D eigenvalue weighted by atomic mass is 9.92. The SMILES string of the molecule is N#Cc1ccc(O[C@H]2CC[C@H](NC(=O)c3ccc(N4CCN(CCCNc5ccc6c(c5)C(=O)N(C5CCC(=O)NC5=O)C6=O)CC4)cc3)CC2)cc1Cl. The van der Waals surface area contributed by atoms with Crippen LogP contribution in [-0.4, -0.2) is 96.8 Å². The van der Waals surface area contributed by atoms with E-state index in [-0.39, 0.29) is 42.0 Å². The molecule has 3 aromatic carbocycles. The first kappa shape index (κ1) is 36.9. The molecule has 5 amide bonds. The van der Waals surface area contributed by atoms with E-state index in [4.69, 9.17) is 21.6 Å². The van der Waals surface area contributed by atoms with Crippen molar-refractivity contribution in [1.29, 1.82) is 5.26 Å². The van der Waals surface area contributed by atoms with Crippen LogP contribution in [0, 0.1) is 11.3 Å². The van der Waals surface area contributed by atoms with Gasteiger partial charge in [-0.2, -0.15) is 5.26 Å². The smallest absolute Gasteiger partial charge is 0.262 e. The first-order valence-corrected chi connectivity index (χ1v) is 18.9. The zero-order chi connectivity index (χ0) is 37.8. The van der Waals surface area contributed by atoms with E-state index in [0.29, 0.717) is 28.4 Å². The van der Waals surface area contributed by atoms with Crippen LogP contribution >= 0.6 is 11.6 Å². The van der Waals surface area contributed by atoms with Crippen molar-refractivity contribution in [1.82, 2.24) is 20.4 Å². The molecule has 1 unspecified atom stereocenters. The Morgan fingerprint density at radius 2 is 1.63 bits per heavy atom. The summed E-state index contributed by atoms with van der Waals surface area (Å²) in [4.78, 5) is 68.7. The molecule has 3 fully saturated rings. The molecule has 280 valence electrons. The number of amides is 5. The highest BCUT2D eigenvalue weighted by atomic mass is 35.5. The average molecular weight is 752 g/mol. The number of fused-ring (bicyclic) bond motifs is 1. The van der Waals surface area contributed by atoms with Gasteiger partial charge in [-0.1, -0.05) is 11.6 Å². The number of anilines is 2. The van der Waals surface area contributed by atoms with Gasteiger partial charge in [0.15, 0.2) is 0 Å². The summed E-state index contributed by atoms with van der Waals surface area (Å²) in [5.41, 5.74) is 3.41. The molecular formula is C40H42ClN7O6. The molecule has 54 heavy (non-hydrogen) atoms. The number of nitrogens with zero attached hydrogens (tertiary/aromatic N) is 4. The Morgan fingerprint density at radius 1 is 0.889 bits per heavy atom. The van der Waals surface area contributed by atoms with E-state index < -0.39 is 29.7 Å². The summed E-state index contributed by atoms with van der Waals surface area (Å²) in [6.45, 7) is 5.18. The lowest BCUT2D eigenvalue weighted by molar-refractivity contribution is -0.136. The molecule has 0 spiro atoms. The second kappa shape index (κ2) is 16.3. The first-order valence-electron chi connectivity index (χ1n) is 18.5. The highest BCUT2D eigenvalue weighted by molar-refractivity contribution is 6.31.